The van der Waals surface area contributed by atoms with Gasteiger partial charge >= 0.3 is 0 Å². The van der Waals surface area contributed by atoms with Crippen LogP contribution in [0.1, 0.15) is 98.8 Å². The SMILES string of the molecule is CCC.CO.COCC1(C2CCC3(C)C(C(=O)Cn4nc5ccccc5n4)CCCC3C2C)CCC(C)CC1. The van der Waals surface area contributed by atoms with Crippen LogP contribution in [0, 0.1) is 40.4 Å². The second-order valence-electron chi connectivity index (χ2n) is 13.0. The number of hydrogen-bond acceptors (Lipinski definition) is 5. The topological polar surface area (TPSA) is 77.2 Å². The van der Waals surface area contributed by atoms with E-state index in [1.54, 1.807) is 4.80 Å². The molecule has 1 aromatic heterocycles. The van der Waals surface area contributed by atoms with E-state index in [1.807, 2.05) is 31.4 Å². The summed E-state index contributed by atoms with van der Waals surface area (Å²) in [4.78, 5) is 15.3. The maximum atomic E-state index is 13.7. The van der Waals surface area contributed by atoms with Gasteiger partial charge in [0.25, 0.3) is 0 Å². The number of rotatable bonds is 6. The Bertz CT molecular complexity index is 995. The summed E-state index contributed by atoms with van der Waals surface area (Å²) in [5.41, 5.74) is 2.15. The van der Waals surface area contributed by atoms with Gasteiger partial charge in [-0.05, 0) is 85.2 Å². The molecule has 0 saturated heterocycles. The van der Waals surface area contributed by atoms with E-state index in [0.717, 1.165) is 43.5 Å². The predicted molar refractivity (Wildman–Crippen MR) is 159 cm³/mol. The molecule has 2 aromatic rings. The van der Waals surface area contributed by atoms with Gasteiger partial charge in [0, 0.05) is 20.1 Å². The number of carbonyl (C=O) groups is 1. The number of aromatic nitrogens is 3. The number of ether oxygens (including phenoxy) is 1. The van der Waals surface area contributed by atoms with Crippen molar-refractivity contribution in [3.8, 4) is 0 Å². The first kappa shape index (κ1) is 31.7. The molecule has 5 atom stereocenters. The van der Waals surface area contributed by atoms with Crippen molar-refractivity contribution in [2.75, 3.05) is 20.8 Å². The largest absolute Gasteiger partial charge is 0.400 e. The lowest BCUT2D eigenvalue weighted by Crippen LogP contribution is -2.54. The molecule has 3 aliphatic carbocycles. The van der Waals surface area contributed by atoms with Crippen molar-refractivity contribution >= 4 is 16.8 Å². The van der Waals surface area contributed by atoms with E-state index in [-0.39, 0.29) is 11.3 Å². The van der Waals surface area contributed by atoms with Crippen molar-refractivity contribution in [2.45, 2.75) is 105 Å². The van der Waals surface area contributed by atoms with E-state index < -0.39 is 0 Å². The van der Waals surface area contributed by atoms with E-state index in [9.17, 15) is 4.79 Å². The number of Topliss-reactive ketones (excluding diaryl/α,β-unsaturated/α-hetero) is 1. The first-order valence-electron chi connectivity index (χ1n) is 15.5. The number of aliphatic hydroxyl groups excluding tert-OH is 1. The van der Waals surface area contributed by atoms with E-state index in [1.165, 1.54) is 51.4 Å². The molecule has 5 rings (SSSR count). The summed E-state index contributed by atoms with van der Waals surface area (Å²) in [6.45, 7) is 12.8. The Morgan fingerprint density at radius 3 is 2.13 bits per heavy atom. The fraction of sp³-hybridized carbons (Fsp3) is 0.788. The van der Waals surface area contributed by atoms with Gasteiger partial charge in [-0.2, -0.15) is 15.0 Å². The standard InChI is InChI=1S/C29H43N3O2.C3H8.CH4O/c1-20-12-16-29(17-13-20,19-34-4)23-14-15-28(3)22(21(23)2)8-7-9-24(28)27(33)18-32-30-25-10-5-6-11-26(25)31-32;1-3-2;1-2/h5-6,10-11,20-24H,7-9,12-19H2,1-4H3;3H2,1-2H3;2H,1H3. The number of benzene rings is 1. The maximum absolute atomic E-state index is 13.7. The van der Waals surface area contributed by atoms with Gasteiger partial charge in [0.05, 0.1) is 6.61 Å². The van der Waals surface area contributed by atoms with Crippen molar-refractivity contribution in [1.29, 1.82) is 0 Å². The monoisotopic (exact) mass is 541 g/mol. The lowest BCUT2D eigenvalue weighted by molar-refractivity contribution is -0.145. The quantitative estimate of drug-likeness (QED) is 0.414. The fourth-order valence-electron chi connectivity index (χ4n) is 8.56. The number of nitrogens with zero attached hydrogens (tertiary/aromatic N) is 3. The molecule has 5 unspecified atom stereocenters. The summed E-state index contributed by atoms with van der Waals surface area (Å²) >= 11 is 0. The first-order valence-corrected chi connectivity index (χ1v) is 15.5. The van der Waals surface area contributed by atoms with E-state index >= 15 is 0 Å². The van der Waals surface area contributed by atoms with Crippen molar-refractivity contribution in [2.24, 2.45) is 40.4 Å². The second kappa shape index (κ2) is 14.2. The molecule has 0 radical (unpaired) electrons. The van der Waals surface area contributed by atoms with Crippen LogP contribution in [-0.4, -0.2) is 46.7 Å². The Labute approximate surface area is 237 Å². The number of fused-ring (bicyclic) bond motifs is 2. The lowest BCUT2D eigenvalue weighted by atomic mass is 9.46. The average Bonchev–Trinajstić information content (AvgIpc) is 3.34. The molecule has 1 aromatic carbocycles. The van der Waals surface area contributed by atoms with Crippen LogP contribution in [-0.2, 0) is 16.1 Å². The van der Waals surface area contributed by atoms with Crippen molar-refractivity contribution < 1.29 is 14.6 Å². The van der Waals surface area contributed by atoms with Gasteiger partial charge in [-0.3, -0.25) is 4.79 Å². The summed E-state index contributed by atoms with van der Waals surface area (Å²) < 4.78 is 5.86. The Balaban J connectivity index is 0.000000787. The number of methoxy groups -OCH3 is 1. The molecule has 1 N–H and O–H groups in total. The van der Waals surface area contributed by atoms with Crippen LogP contribution < -0.4 is 0 Å². The van der Waals surface area contributed by atoms with Crippen molar-refractivity contribution in [1.82, 2.24) is 15.0 Å². The third-order valence-electron chi connectivity index (χ3n) is 10.4. The summed E-state index contributed by atoms with van der Waals surface area (Å²) in [5.74, 6) is 3.27. The lowest BCUT2D eigenvalue weighted by Gasteiger charge is -2.59. The second-order valence-corrected chi connectivity index (χ2v) is 13.0. The van der Waals surface area contributed by atoms with Gasteiger partial charge < -0.3 is 9.84 Å². The number of carbonyl (C=O) groups excluding carboxylic acids is 1. The van der Waals surface area contributed by atoms with Crippen LogP contribution in [0.4, 0.5) is 0 Å². The molecule has 3 saturated carbocycles. The van der Waals surface area contributed by atoms with E-state index in [2.05, 4.69) is 44.8 Å². The van der Waals surface area contributed by atoms with Crippen LogP contribution in [0.2, 0.25) is 0 Å². The smallest absolute Gasteiger partial charge is 0.159 e. The first-order chi connectivity index (χ1) is 18.8. The zero-order chi connectivity index (χ0) is 28.6. The Morgan fingerprint density at radius 2 is 1.56 bits per heavy atom. The molecule has 0 aliphatic heterocycles. The molecule has 0 bridgehead atoms. The highest BCUT2D eigenvalue weighted by molar-refractivity contribution is 5.82. The highest BCUT2D eigenvalue weighted by atomic mass is 16.5. The summed E-state index contributed by atoms with van der Waals surface area (Å²) in [5, 5.41) is 16.1. The molecule has 0 spiro atoms. The fourth-order valence-corrected chi connectivity index (χ4v) is 8.56. The zero-order valence-corrected chi connectivity index (χ0v) is 25.8. The molecule has 6 heteroatoms. The summed E-state index contributed by atoms with van der Waals surface area (Å²) in [6, 6.07) is 7.87. The predicted octanol–water partition coefficient (Wildman–Crippen LogP) is 7.34. The van der Waals surface area contributed by atoms with Crippen LogP contribution in [0.3, 0.4) is 0 Å². The minimum Gasteiger partial charge on any atom is -0.400 e. The zero-order valence-electron chi connectivity index (χ0n) is 25.8. The summed E-state index contributed by atoms with van der Waals surface area (Å²) in [7, 11) is 2.89. The minimum atomic E-state index is 0.0913. The summed E-state index contributed by atoms with van der Waals surface area (Å²) in [6.07, 6.45) is 12.4. The maximum Gasteiger partial charge on any atom is 0.159 e. The third-order valence-corrected chi connectivity index (χ3v) is 10.4. The molecule has 39 heavy (non-hydrogen) atoms. The molecule has 1 heterocycles. The number of hydrogen-bond donors (Lipinski definition) is 1. The highest BCUT2D eigenvalue weighted by Crippen LogP contribution is 2.62. The average molecular weight is 542 g/mol. The van der Waals surface area contributed by atoms with Gasteiger partial charge in [-0.1, -0.05) is 72.4 Å². The van der Waals surface area contributed by atoms with E-state index in [4.69, 9.17) is 9.84 Å². The number of aliphatic hydroxyl groups is 1. The molecular formula is C33H55N3O3. The molecule has 6 nitrogen and oxygen atoms in total. The number of ketones is 1. The van der Waals surface area contributed by atoms with Gasteiger partial charge in [0.2, 0.25) is 0 Å². The van der Waals surface area contributed by atoms with Crippen LogP contribution in [0.5, 0.6) is 0 Å². The van der Waals surface area contributed by atoms with Crippen LogP contribution in [0.25, 0.3) is 11.0 Å². The molecule has 0 amide bonds. The van der Waals surface area contributed by atoms with Gasteiger partial charge in [-0.25, -0.2) is 0 Å². The third kappa shape index (κ3) is 6.75. The Hall–Kier alpha value is -1.79. The van der Waals surface area contributed by atoms with E-state index in [0.29, 0.717) is 35.5 Å². The Kier molecular flexibility index (Phi) is 11.6. The van der Waals surface area contributed by atoms with Crippen LogP contribution >= 0.6 is 0 Å². The van der Waals surface area contributed by atoms with Crippen molar-refractivity contribution in [3.05, 3.63) is 24.3 Å². The molecule has 3 aliphatic rings. The molecule has 3 fully saturated rings. The van der Waals surface area contributed by atoms with Gasteiger partial charge in [0.1, 0.15) is 17.6 Å². The Morgan fingerprint density at radius 1 is 0.974 bits per heavy atom. The minimum absolute atomic E-state index is 0.0913. The van der Waals surface area contributed by atoms with Gasteiger partial charge in [0.15, 0.2) is 5.78 Å². The normalized spacial score (nSPS) is 34.2. The van der Waals surface area contributed by atoms with Gasteiger partial charge in [-0.15, -0.1) is 0 Å². The van der Waals surface area contributed by atoms with Crippen molar-refractivity contribution in [3.63, 3.8) is 0 Å². The van der Waals surface area contributed by atoms with Crippen LogP contribution in [0.15, 0.2) is 24.3 Å². The molecule has 220 valence electrons. The molecular weight excluding hydrogens is 486 g/mol. The highest BCUT2D eigenvalue weighted by Gasteiger charge is 2.56.